The Labute approximate surface area is 140 Å². The summed E-state index contributed by atoms with van der Waals surface area (Å²) < 4.78 is 1.87. The summed E-state index contributed by atoms with van der Waals surface area (Å²) >= 11 is 0. The lowest BCUT2D eigenvalue weighted by atomic mass is 10.1. The van der Waals surface area contributed by atoms with E-state index in [1.807, 2.05) is 40.9 Å². The summed E-state index contributed by atoms with van der Waals surface area (Å²) in [6.07, 6.45) is 6.37. The van der Waals surface area contributed by atoms with Crippen LogP contribution in [-0.2, 0) is 13.5 Å². The molecule has 0 saturated carbocycles. The van der Waals surface area contributed by atoms with E-state index < -0.39 is 0 Å². The molecule has 6 nitrogen and oxygen atoms in total. The minimum atomic E-state index is -0.00720. The maximum absolute atomic E-state index is 12.9. The molecule has 3 aromatic heterocycles. The number of aryl methyl sites for hydroxylation is 1. The summed E-state index contributed by atoms with van der Waals surface area (Å²) in [5.74, 6) is -0.00720. The maximum atomic E-state index is 12.9. The van der Waals surface area contributed by atoms with Gasteiger partial charge in [-0.2, -0.15) is 5.10 Å². The minimum Gasteiger partial charge on any atom is -0.334 e. The van der Waals surface area contributed by atoms with Gasteiger partial charge in [0.15, 0.2) is 5.65 Å². The van der Waals surface area contributed by atoms with Gasteiger partial charge in [0.2, 0.25) is 0 Å². The third kappa shape index (κ3) is 2.64. The lowest BCUT2D eigenvalue weighted by molar-refractivity contribution is 0.0729. The quantitative estimate of drug-likeness (QED) is 0.742. The van der Waals surface area contributed by atoms with Crippen molar-refractivity contribution in [2.45, 2.75) is 25.3 Å². The second kappa shape index (κ2) is 6.03. The molecule has 0 spiro atoms. The molecule has 1 aliphatic heterocycles. The monoisotopic (exact) mass is 321 g/mol. The molecule has 6 heteroatoms. The van der Waals surface area contributed by atoms with Gasteiger partial charge in [-0.25, -0.2) is 9.97 Å². The highest BCUT2D eigenvalue weighted by molar-refractivity contribution is 5.94. The zero-order chi connectivity index (χ0) is 16.5. The van der Waals surface area contributed by atoms with E-state index in [0.29, 0.717) is 11.3 Å². The molecular formula is C18H19N5O. The van der Waals surface area contributed by atoms with Crippen LogP contribution in [0.15, 0.2) is 42.7 Å². The first-order chi connectivity index (χ1) is 11.7. The predicted octanol–water partition coefficient (Wildman–Crippen LogP) is 2.21. The Morgan fingerprint density at radius 2 is 2.17 bits per heavy atom. The summed E-state index contributed by atoms with van der Waals surface area (Å²) in [6, 6.07) is 9.74. The van der Waals surface area contributed by atoms with Gasteiger partial charge in [0.1, 0.15) is 5.69 Å². The van der Waals surface area contributed by atoms with E-state index in [2.05, 4.69) is 15.1 Å². The Hall–Kier alpha value is -2.76. The number of likely N-dealkylation sites (tertiary alicyclic amines) is 1. The molecule has 4 heterocycles. The second-order valence-electron chi connectivity index (χ2n) is 6.19. The average molecular weight is 321 g/mol. The van der Waals surface area contributed by atoms with Gasteiger partial charge in [0.05, 0.1) is 0 Å². The average Bonchev–Trinajstić information content (AvgIpc) is 3.23. The minimum absolute atomic E-state index is 0.00720. The van der Waals surface area contributed by atoms with Crippen molar-refractivity contribution in [3.05, 3.63) is 54.1 Å². The molecule has 0 aromatic carbocycles. The Bertz CT molecular complexity index is 888. The second-order valence-corrected chi connectivity index (χ2v) is 6.19. The van der Waals surface area contributed by atoms with Crippen molar-refractivity contribution in [3.63, 3.8) is 0 Å². The van der Waals surface area contributed by atoms with Crippen LogP contribution in [0.5, 0.6) is 0 Å². The van der Waals surface area contributed by atoms with Crippen LogP contribution < -0.4 is 0 Å². The number of nitrogens with zero attached hydrogens (tertiary/aromatic N) is 5. The first-order valence-corrected chi connectivity index (χ1v) is 8.22. The third-order valence-electron chi connectivity index (χ3n) is 4.69. The van der Waals surface area contributed by atoms with Crippen LogP contribution >= 0.6 is 0 Å². The van der Waals surface area contributed by atoms with E-state index in [9.17, 15) is 4.79 Å². The van der Waals surface area contributed by atoms with E-state index in [0.717, 1.165) is 36.9 Å². The molecule has 0 aliphatic carbocycles. The van der Waals surface area contributed by atoms with E-state index in [4.69, 9.17) is 0 Å². The van der Waals surface area contributed by atoms with Gasteiger partial charge in [-0.05, 0) is 43.2 Å². The highest BCUT2D eigenvalue weighted by Gasteiger charge is 2.30. The fourth-order valence-corrected chi connectivity index (χ4v) is 3.38. The number of fused-ring (bicyclic) bond motifs is 1. The zero-order valence-corrected chi connectivity index (χ0v) is 13.6. The zero-order valence-electron chi connectivity index (χ0n) is 13.6. The van der Waals surface area contributed by atoms with Crippen LogP contribution in [0.25, 0.3) is 11.0 Å². The van der Waals surface area contributed by atoms with Gasteiger partial charge in [0.25, 0.3) is 5.91 Å². The molecule has 0 radical (unpaired) electrons. The van der Waals surface area contributed by atoms with E-state index >= 15 is 0 Å². The van der Waals surface area contributed by atoms with Crippen LogP contribution in [-0.4, -0.2) is 43.1 Å². The van der Waals surface area contributed by atoms with Gasteiger partial charge in [0, 0.05) is 49.5 Å². The molecule has 1 atom stereocenters. The Morgan fingerprint density at radius 3 is 3.00 bits per heavy atom. The topological polar surface area (TPSA) is 63.9 Å². The van der Waals surface area contributed by atoms with E-state index in [1.165, 1.54) is 0 Å². The summed E-state index contributed by atoms with van der Waals surface area (Å²) in [5, 5.41) is 5.16. The lowest BCUT2D eigenvalue weighted by Crippen LogP contribution is -2.37. The number of carbonyl (C=O) groups is 1. The molecule has 4 rings (SSSR count). The highest BCUT2D eigenvalue weighted by atomic mass is 16.2. The summed E-state index contributed by atoms with van der Waals surface area (Å²) in [6.45, 7) is 0.781. The molecule has 24 heavy (non-hydrogen) atoms. The van der Waals surface area contributed by atoms with Crippen molar-refractivity contribution in [2.24, 2.45) is 7.05 Å². The molecule has 122 valence electrons. The maximum Gasteiger partial charge on any atom is 0.272 e. The molecule has 3 aromatic rings. The molecule has 0 N–H and O–H groups in total. The number of rotatable bonds is 3. The normalized spacial score (nSPS) is 17.5. The van der Waals surface area contributed by atoms with Crippen molar-refractivity contribution >= 4 is 16.9 Å². The van der Waals surface area contributed by atoms with Gasteiger partial charge < -0.3 is 4.90 Å². The predicted molar refractivity (Wildman–Crippen MR) is 90.5 cm³/mol. The molecule has 1 saturated heterocycles. The van der Waals surface area contributed by atoms with Crippen LogP contribution in [0.2, 0.25) is 0 Å². The Balaban J connectivity index is 1.58. The van der Waals surface area contributed by atoms with Crippen molar-refractivity contribution in [1.82, 2.24) is 24.6 Å². The molecule has 1 fully saturated rings. The highest BCUT2D eigenvalue weighted by Crippen LogP contribution is 2.23. The summed E-state index contributed by atoms with van der Waals surface area (Å²) in [7, 11) is 1.94. The number of carbonyl (C=O) groups excluding carboxylic acids is 1. The number of amides is 1. The molecule has 1 amide bonds. The summed E-state index contributed by atoms with van der Waals surface area (Å²) in [4.78, 5) is 23.6. The van der Waals surface area contributed by atoms with Crippen LogP contribution in [0.3, 0.4) is 0 Å². The van der Waals surface area contributed by atoms with Gasteiger partial charge >= 0.3 is 0 Å². The number of hydrogen-bond donors (Lipinski definition) is 0. The molecular weight excluding hydrogens is 302 g/mol. The van der Waals surface area contributed by atoms with Crippen LogP contribution in [0, 0.1) is 0 Å². The van der Waals surface area contributed by atoms with Crippen molar-refractivity contribution in [1.29, 1.82) is 0 Å². The van der Waals surface area contributed by atoms with Gasteiger partial charge in [-0.1, -0.05) is 0 Å². The number of hydrogen-bond acceptors (Lipinski definition) is 4. The molecule has 0 bridgehead atoms. The smallest absolute Gasteiger partial charge is 0.272 e. The van der Waals surface area contributed by atoms with Crippen molar-refractivity contribution < 1.29 is 4.79 Å². The first-order valence-electron chi connectivity index (χ1n) is 8.22. The van der Waals surface area contributed by atoms with E-state index in [1.54, 1.807) is 18.5 Å². The van der Waals surface area contributed by atoms with E-state index in [-0.39, 0.29) is 11.9 Å². The molecule has 0 unspecified atom stereocenters. The summed E-state index contributed by atoms with van der Waals surface area (Å²) in [5.41, 5.74) is 2.23. The van der Waals surface area contributed by atoms with Crippen LogP contribution in [0.4, 0.5) is 0 Å². The van der Waals surface area contributed by atoms with Gasteiger partial charge in [-0.3, -0.25) is 9.48 Å². The van der Waals surface area contributed by atoms with Crippen molar-refractivity contribution in [2.75, 3.05) is 6.54 Å². The first kappa shape index (κ1) is 14.8. The fraction of sp³-hybridized carbons (Fsp3) is 0.333. The van der Waals surface area contributed by atoms with Crippen LogP contribution in [0.1, 0.15) is 29.0 Å². The largest absolute Gasteiger partial charge is 0.334 e. The van der Waals surface area contributed by atoms with Gasteiger partial charge in [-0.15, -0.1) is 0 Å². The number of aromatic nitrogens is 4. The Morgan fingerprint density at radius 1 is 1.25 bits per heavy atom. The fourth-order valence-electron chi connectivity index (χ4n) is 3.38. The number of pyridine rings is 2. The third-order valence-corrected chi connectivity index (χ3v) is 4.69. The standard InChI is InChI=1S/C18H19N5O/c1-22-14(8-10-20-22)12-15-5-3-11-23(15)18(24)16-7-6-13-4-2-9-19-17(13)21-16/h2,4,6-10,15H,3,5,11-12H2,1H3/t15-/m0/s1. The van der Waals surface area contributed by atoms with Crippen molar-refractivity contribution in [3.8, 4) is 0 Å². The lowest BCUT2D eigenvalue weighted by Gasteiger charge is -2.24. The Kier molecular flexibility index (Phi) is 3.72. The molecule has 1 aliphatic rings. The SMILES string of the molecule is Cn1nccc1C[C@@H]1CCCN1C(=O)c1ccc2cccnc2n1.